The molecule has 27 heavy (non-hydrogen) atoms. The quantitative estimate of drug-likeness (QED) is 0.754. The average molecular weight is 361 g/mol. The Kier molecular flexibility index (Phi) is 4.90. The van der Waals surface area contributed by atoms with Gasteiger partial charge in [-0.25, -0.2) is 0 Å². The summed E-state index contributed by atoms with van der Waals surface area (Å²) in [5, 5.41) is 10.0. The number of aromatic hydroxyl groups is 1. The van der Waals surface area contributed by atoms with E-state index in [1.165, 1.54) is 16.9 Å². The van der Waals surface area contributed by atoms with Crippen molar-refractivity contribution in [2.24, 2.45) is 0 Å². The smallest absolute Gasteiger partial charge is 0.115 e. The molecule has 0 spiro atoms. The predicted octanol–water partition coefficient (Wildman–Crippen LogP) is 4.26. The summed E-state index contributed by atoms with van der Waals surface area (Å²) in [6, 6.07) is 21.0. The molecule has 2 aromatic carbocycles. The molecule has 1 aliphatic heterocycles. The highest BCUT2D eigenvalue weighted by Crippen LogP contribution is 2.34. The highest BCUT2D eigenvalue weighted by molar-refractivity contribution is 5.46. The number of phenols is 1. The predicted molar refractivity (Wildman–Crippen MR) is 110 cm³/mol. The number of benzene rings is 2. The van der Waals surface area contributed by atoms with Crippen LogP contribution in [0.4, 0.5) is 5.69 Å². The van der Waals surface area contributed by atoms with E-state index in [2.05, 4.69) is 77.1 Å². The molecule has 1 aliphatic rings. The Balaban J connectivity index is 1.68. The molecule has 0 saturated carbocycles. The summed E-state index contributed by atoms with van der Waals surface area (Å²) in [6.07, 6.45) is 3.29. The molecule has 1 atom stereocenters. The second-order valence-corrected chi connectivity index (χ2v) is 7.51. The van der Waals surface area contributed by atoms with Crippen LogP contribution in [0.25, 0.3) is 0 Å². The first-order chi connectivity index (χ1) is 13.1. The van der Waals surface area contributed by atoms with E-state index in [9.17, 15) is 5.11 Å². The summed E-state index contributed by atoms with van der Waals surface area (Å²) in [5.74, 6) is 0.324. The number of aryl methyl sites for hydroxylation is 1. The summed E-state index contributed by atoms with van der Waals surface area (Å²) in [7, 11) is 4.13. The van der Waals surface area contributed by atoms with Crippen LogP contribution in [0.3, 0.4) is 0 Å². The van der Waals surface area contributed by atoms with Gasteiger partial charge in [0, 0.05) is 51.3 Å². The molecule has 4 rings (SSSR count). The zero-order valence-corrected chi connectivity index (χ0v) is 16.0. The number of rotatable bonds is 4. The van der Waals surface area contributed by atoms with Gasteiger partial charge in [-0.05, 0) is 53.9 Å². The van der Waals surface area contributed by atoms with E-state index >= 15 is 0 Å². The van der Waals surface area contributed by atoms with Gasteiger partial charge in [-0.1, -0.05) is 24.3 Å². The van der Waals surface area contributed by atoms with E-state index < -0.39 is 0 Å². The lowest BCUT2D eigenvalue weighted by Gasteiger charge is -2.31. The van der Waals surface area contributed by atoms with Crippen LogP contribution in [0, 0.1) is 0 Å². The third-order valence-electron chi connectivity index (χ3n) is 5.38. The number of phenolic OH excluding ortho intramolecular Hbond substituents is 1. The highest BCUT2D eigenvalue weighted by Gasteiger charge is 2.27. The molecule has 4 nitrogen and oxygen atoms in total. The van der Waals surface area contributed by atoms with Crippen LogP contribution in [0.1, 0.15) is 29.3 Å². The van der Waals surface area contributed by atoms with Gasteiger partial charge in [0.05, 0.1) is 6.04 Å². The van der Waals surface area contributed by atoms with Crippen molar-refractivity contribution < 1.29 is 5.11 Å². The van der Waals surface area contributed by atoms with E-state index in [0.29, 0.717) is 5.75 Å². The maximum atomic E-state index is 10.0. The first-order valence-corrected chi connectivity index (χ1v) is 9.56. The van der Waals surface area contributed by atoms with Crippen molar-refractivity contribution in [1.82, 2.24) is 9.47 Å². The Morgan fingerprint density at radius 1 is 1.00 bits per heavy atom. The molecule has 1 unspecified atom stereocenters. The van der Waals surface area contributed by atoms with Crippen molar-refractivity contribution in [2.45, 2.75) is 25.6 Å². The molecule has 3 aromatic rings. The summed E-state index contributed by atoms with van der Waals surface area (Å²) < 4.78 is 2.35. The summed E-state index contributed by atoms with van der Waals surface area (Å²) in [4.78, 5) is 4.65. The maximum Gasteiger partial charge on any atom is 0.115 e. The number of hydrogen-bond donors (Lipinski definition) is 1. The first-order valence-electron chi connectivity index (χ1n) is 9.56. The summed E-state index contributed by atoms with van der Waals surface area (Å²) >= 11 is 0. The zero-order valence-electron chi connectivity index (χ0n) is 16.0. The van der Waals surface area contributed by atoms with Crippen LogP contribution < -0.4 is 4.90 Å². The molecule has 0 aliphatic carbocycles. The van der Waals surface area contributed by atoms with Crippen molar-refractivity contribution in [2.75, 3.05) is 25.5 Å². The van der Waals surface area contributed by atoms with Crippen LogP contribution in [0.15, 0.2) is 66.9 Å². The van der Waals surface area contributed by atoms with Gasteiger partial charge in [-0.3, -0.25) is 4.90 Å². The number of fused-ring (bicyclic) bond motifs is 1. The number of hydrogen-bond acceptors (Lipinski definition) is 3. The van der Waals surface area contributed by atoms with Gasteiger partial charge in [0.2, 0.25) is 0 Å². The Morgan fingerprint density at radius 3 is 2.56 bits per heavy atom. The topological polar surface area (TPSA) is 31.6 Å². The van der Waals surface area contributed by atoms with E-state index in [1.807, 2.05) is 12.1 Å². The fraction of sp³-hybridized carbons (Fsp3) is 0.304. The normalized spacial score (nSPS) is 17.3. The molecule has 0 amide bonds. The van der Waals surface area contributed by atoms with Gasteiger partial charge < -0.3 is 14.6 Å². The number of aromatic nitrogens is 1. The van der Waals surface area contributed by atoms with E-state index in [0.717, 1.165) is 31.6 Å². The maximum absolute atomic E-state index is 10.0. The third-order valence-corrected chi connectivity index (χ3v) is 5.38. The minimum absolute atomic E-state index is 0.142. The summed E-state index contributed by atoms with van der Waals surface area (Å²) in [5.41, 5.74) is 4.96. The Bertz CT molecular complexity index is 898. The minimum Gasteiger partial charge on any atom is -0.508 e. The monoisotopic (exact) mass is 361 g/mol. The van der Waals surface area contributed by atoms with Crippen molar-refractivity contribution in [1.29, 1.82) is 0 Å². The van der Waals surface area contributed by atoms with Crippen LogP contribution in [0.2, 0.25) is 0 Å². The molecule has 0 bridgehead atoms. The molecule has 140 valence electrons. The zero-order chi connectivity index (χ0) is 18.8. The molecular formula is C23H27N3O. The standard InChI is InChI=1S/C23H27N3O/c1-24(2)20-11-9-18(10-12-20)17-26-15-5-14-25-13-4-8-22(25)23(26)19-6-3-7-21(27)16-19/h3-4,6-13,16,23,27H,5,14-15,17H2,1-2H3. The SMILES string of the molecule is CN(C)c1ccc(CN2CCCn3cccc3C2c2cccc(O)c2)cc1. The Morgan fingerprint density at radius 2 is 1.81 bits per heavy atom. The lowest BCUT2D eigenvalue weighted by Crippen LogP contribution is -2.29. The highest BCUT2D eigenvalue weighted by atomic mass is 16.3. The Labute approximate surface area is 161 Å². The van der Waals surface area contributed by atoms with Crippen molar-refractivity contribution in [3.8, 4) is 5.75 Å². The van der Waals surface area contributed by atoms with Crippen molar-refractivity contribution >= 4 is 5.69 Å². The van der Waals surface area contributed by atoms with E-state index in [4.69, 9.17) is 0 Å². The van der Waals surface area contributed by atoms with E-state index in [1.54, 1.807) is 6.07 Å². The fourth-order valence-electron chi connectivity index (χ4n) is 4.02. The van der Waals surface area contributed by atoms with Gasteiger partial charge >= 0.3 is 0 Å². The number of nitrogens with zero attached hydrogens (tertiary/aromatic N) is 3. The van der Waals surface area contributed by atoms with Crippen LogP contribution in [-0.4, -0.2) is 35.2 Å². The van der Waals surface area contributed by atoms with Gasteiger partial charge in [-0.15, -0.1) is 0 Å². The van der Waals surface area contributed by atoms with Gasteiger partial charge in [-0.2, -0.15) is 0 Å². The largest absolute Gasteiger partial charge is 0.508 e. The number of anilines is 1. The lowest BCUT2D eigenvalue weighted by molar-refractivity contribution is 0.220. The summed E-state index contributed by atoms with van der Waals surface area (Å²) in [6.45, 7) is 2.95. The lowest BCUT2D eigenvalue weighted by atomic mass is 10.0. The molecule has 2 heterocycles. The third kappa shape index (κ3) is 3.71. The van der Waals surface area contributed by atoms with Crippen LogP contribution >= 0.6 is 0 Å². The van der Waals surface area contributed by atoms with E-state index in [-0.39, 0.29) is 6.04 Å². The molecule has 0 fully saturated rings. The van der Waals surface area contributed by atoms with Gasteiger partial charge in [0.25, 0.3) is 0 Å². The second kappa shape index (κ2) is 7.49. The molecule has 1 aromatic heterocycles. The fourth-order valence-corrected chi connectivity index (χ4v) is 4.02. The molecule has 4 heteroatoms. The van der Waals surface area contributed by atoms with Crippen LogP contribution in [0.5, 0.6) is 5.75 Å². The molecule has 1 N–H and O–H groups in total. The minimum atomic E-state index is 0.142. The molecular weight excluding hydrogens is 334 g/mol. The Hall–Kier alpha value is -2.72. The van der Waals surface area contributed by atoms with Crippen molar-refractivity contribution in [3.63, 3.8) is 0 Å². The average Bonchev–Trinajstić information content (AvgIpc) is 3.03. The van der Waals surface area contributed by atoms with Gasteiger partial charge in [0.1, 0.15) is 5.75 Å². The molecule has 0 saturated heterocycles. The second-order valence-electron chi connectivity index (χ2n) is 7.51. The molecule has 0 radical (unpaired) electrons. The van der Waals surface area contributed by atoms with Crippen LogP contribution in [-0.2, 0) is 13.1 Å². The van der Waals surface area contributed by atoms with Gasteiger partial charge in [0.15, 0.2) is 0 Å². The first kappa shape index (κ1) is 17.7. The van der Waals surface area contributed by atoms with Crippen molar-refractivity contribution in [3.05, 3.63) is 83.7 Å².